The minimum atomic E-state index is 0.463. The zero-order valence-corrected chi connectivity index (χ0v) is 26.7. The number of fused-ring (bicyclic) bond motifs is 6. The van der Waals surface area contributed by atoms with Crippen LogP contribution in [-0.2, 0) is 0 Å². The van der Waals surface area contributed by atoms with E-state index < -0.39 is 0 Å². The molecule has 7 aromatic carbocycles. The van der Waals surface area contributed by atoms with Crippen LogP contribution in [0, 0.1) is 24.5 Å². The topological polar surface area (TPSA) is 42.4 Å². The molecule has 50 heavy (non-hydrogen) atoms. The zero-order chi connectivity index (χ0) is 33.8. The number of nitriles is 1. The number of hydrogen-bond donors (Lipinski definition) is 0. The molecule has 9 aromatic rings. The van der Waals surface area contributed by atoms with Gasteiger partial charge in [0.25, 0.3) is 0 Å². The lowest BCUT2D eigenvalue weighted by Gasteiger charge is -2.17. The maximum Gasteiger partial charge on any atom is 0.195 e. The number of aromatic nitrogens is 2. The number of hydrogen-bond acceptors (Lipinski definition) is 1. The fraction of sp³-hybridized carbons (Fsp3) is 0. The summed E-state index contributed by atoms with van der Waals surface area (Å²) in [4.78, 5) is 7.70. The van der Waals surface area contributed by atoms with Gasteiger partial charge in [-0.05, 0) is 88.3 Å². The third kappa shape index (κ3) is 4.31. The van der Waals surface area contributed by atoms with Crippen molar-refractivity contribution in [3.8, 4) is 39.7 Å². The van der Waals surface area contributed by atoms with Gasteiger partial charge in [0.15, 0.2) is 11.4 Å². The van der Waals surface area contributed by atoms with E-state index in [0.29, 0.717) is 28.1 Å². The molecule has 0 fully saturated rings. The monoisotopic (exact) mass is 635 g/mol. The smallest absolute Gasteiger partial charge is 0.195 e. The maximum absolute atomic E-state index is 10.6. The summed E-state index contributed by atoms with van der Waals surface area (Å²) in [6.45, 7) is 15.9. The number of benzene rings is 7. The molecule has 2 heterocycles. The molecule has 5 heteroatoms. The van der Waals surface area contributed by atoms with Crippen LogP contribution in [-0.4, -0.2) is 9.13 Å². The van der Waals surface area contributed by atoms with Gasteiger partial charge in [-0.3, -0.25) is 0 Å². The highest BCUT2D eigenvalue weighted by molar-refractivity contribution is 6.11. The van der Waals surface area contributed by atoms with Gasteiger partial charge in [0, 0.05) is 21.8 Å². The summed E-state index contributed by atoms with van der Waals surface area (Å²) in [5.41, 5.74) is 10.7. The Hall–Kier alpha value is -7.39. The quantitative estimate of drug-likeness (QED) is 0.177. The minimum Gasteiger partial charge on any atom is -0.309 e. The number of nitrogens with zero attached hydrogens (tertiary/aromatic N) is 5. The van der Waals surface area contributed by atoms with Crippen LogP contribution in [0.5, 0.6) is 0 Å². The van der Waals surface area contributed by atoms with E-state index in [-0.39, 0.29) is 0 Å². The predicted molar refractivity (Wildman–Crippen MR) is 203 cm³/mol. The summed E-state index contributed by atoms with van der Waals surface area (Å²) in [5.74, 6) is 0. The number of rotatable bonds is 4. The molecule has 0 aliphatic carbocycles. The summed E-state index contributed by atoms with van der Waals surface area (Å²) in [6, 6.07) is 53.1. The third-order valence-corrected chi connectivity index (χ3v) is 9.59. The average Bonchev–Trinajstić information content (AvgIpc) is 3.70. The van der Waals surface area contributed by atoms with Crippen LogP contribution in [0.2, 0.25) is 0 Å². The van der Waals surface area contributed by atoms with Crippen molar-refractivity contribution >= 4 is 55.0 Å². The lowest BCUT2D eigenvalue weighted by Crippen LogP contribution is -1.98. The maximum atomic E-state index is 10.6. The highest BCUT2D eigenvalue weighted by Gasteiger charge is 2.20. The Balaban J connectivity index is 1.24. The van der Waals surface area contributed by atoms with Crippen molar-refractivity contribution in [3.63, 3.8) is 0 Å². The molecule has 5 nitrogen and oxygen atoms in total. The molecule has 0 radical (unpaired) electrons. The third-order valence-electron chi connectivity index (χ3n) is 9.59. The van der Waals surface area contributed by atoms with E-state index in [2.05, 4.69) is 97.7 Å². The van der Waals surface area contributed by atoms with Gasteiger partial charge < -0.3 is 9.13 Å². The molecule has 0 aliphatic rings. The molecule has 0 unspecified atom stereocenters. The van der Waals surface area contributed by atoms with Gasteiger partial charge in [-0.1, -0.05) is 91.0 Å². The van der Waals surface area contributed by atoms with Crippen LogP contribution < -0.4 is 0 Å². The summed E-state index contributed by atoms with van der Waals surface area (Å²) in [6.07, 6.45) is 0. The molecule has 0 aliphatic heterocycles. The first-order chi connectivity index (χ1) is 24.7. The van der Waals surface area contributed by atoms with E-state index in [0.717, 1.165) is 55.3 Å². The second-order valence-corrected chi connectivity index (χ2v) is 12.2. The molecule has 0 spiro atoms. The van der Waals surface area contributed by atoms with E-state index >= 15 is 0 Å². The molecule has 0 amide bonds. The van der Waals surface area contributed by atoms with Crippen LogP contribution >= 0.6 is 0 Å². The second-order valence-electron chi connectivity index (χ2n) is 12.2. The minimum absolute atomic E-state index is 0.463. The lowest BCUT2D eigenvalue weighted by molar-refractivity contribution is 1.18. The first-order valence-corrected chi connectivity index (χ1v) is 16.2. The van der Waals surface area contributed by atoms with Crippen molar-refractivity contribution in [3.05, 3.63) is 180 Å². The van der Waals surface area contributed by atoms with Crippen molar-refractivity contribution in [1.82, 2.24) is 9.13 Å². The van der Waals surface area contributed by atoms with Gasteiger partial charge >= 0.3 is 0 Å². The van der Waals surface area contributed by atoms with Crippen molar-refractivity contribution in [2.24, 2.45) is 0 Å². The molecule has 0 atom stereocenters. The fourth-order valence-corrected chi connectivity index (χ4v) is 7.43. The first-order valence-electron chi connectivity index (χ1n) is 16.2. The van der Waals surface area contributed by atoms with Gasteiger partial charge in [0.2, 0.25) is 0 Å². The normalized spacial score (nSPS) is 11.1. The summed E-state index contributed by atoms with van der Waals surface area (Å²) in [5, 5.41) is 15.0. The Morgan fingerprint density at radius 3 is 1.78 bits per heavy atom. The van der Waals surface area contributed by atoms with Crippen molar-refractivity contribution in [2.75, 3.05) is 0 Å². The molecule has 0 saturated carbocycles. The van der Waals surface area contributed by atoms with Crippen LogP contribution in [0.15, 0.2) is 152 Å². The summed E-state index contributed by atoms with van der Waals surface area (Å²) in [7, 11) is 0. The molecule has 2 aromatic heterocycles. The van der Waals surface area contributed by atoms with Crippen LogP contribution in [0.3, 0.4) is 0 Å². The second kappa shape index (κ2) is 11.4. The van der Waals surface area contributed by atoms with Crippen LogP contribution in [0.4, 0.5) is 11.4 Å². The fourth-order valence-electron chi connectivity index (χ4n) is 7.43. The lowest BCUT2D eigenvalue weighted by atomic mass is 9.93. The molecule has 230 valence electrons. The molecule has 9 rings (SSSR count). The first kappa shape index (κ1) is 28.8. The van der Waals surface area contributed by atoms with E-state index in [1.54, 1.807) is 0 Å². The van der Waals surface area contributed by atoms with E-state index in [1.807, 2.05) is 78.9 Å². The van der Waals surface area contributed by atoms with E-state index in [9.17, 15) is 5.26 Å². The highest BCUT2D eigenvalue weighted by atomic mass is 15.0. The molecule has 0 saturated heterocycles. The Morgan fingerprint density at radius 2 is 1.10 bits per heavy atom. The predicted octanol–water partition coefficient (Wildman–Crippen LogP) is 12.2. The standard InChI is InChI=1S/C45H25N5/c1-47-31-22-23-45-39(26-31)36-17-6-10-21-44(36)50(45)43-20-9-5-16-35(43)38-25-30(28-46)37(27-40(38)48-2)29-12-11-13-32(24-29)49-41-18-7-3-14-33(41)34-15-4-8-19-42(34)49/h3-27H. The molecule has 0 N–H and O–H groups in total. The average molecular weight is 636 g/mol. The Morgan fingerprint density at radius 1 is 0.480 bits per heavy atom. The van der Waals surface area contributed by atoms with Crippen molar-refractivity contribution in [2.45, 2.75) is 0 Å². The van der Waals surface area contributed by atoms with Crippen molar-refractivity contribution < 1.29 is 0 Å². The molecular weight excluding hydrogens is 611 g/mol. The molecule has 0 bridgehead atoms. The van der Waals surface area contributed by atoms with E-state index in [1.165, 1.54) is 10.8 Å². The molecular formula is C45H25N5. The van der Waals surface area contributed by atoms with E-state index in [4.69, 9.17) is 13.1 Å². The highest BCUT2D eigenvalue weighted by Crippen LogP contribution is 2.43. The van der Waals surface area contributed by atoms with Crippen LogP contribution in [0.1, 0.15) is 5.56 Å². The number of para-hydroxylation sites is 4. The van der Waals surface area contributed by atoms with Crippen molar-refractivity contribution in [1.29, 1.82) is 5.26 Å². The van der Waals surface area contributed by atoms with Gasteiger partial charge in [-0.15, -0.1) is 0 Å². The Bertz CT molecular complexity index is 2920. The van der Waals surface area contributed by atoms with Gasteiger partial charge in [0.1, 0.15) is 0 Å². The largest absolute Gasteiger partial charge is 0.309 e. The SMILES string of the molecule is [C-]#[N+]c1ccc2c(c1)c1ccccc1n2-c1ccccc1-c1cc(C#N)c(-c2cccc(-n3c4ccccc4c4ccccc43)c2)cc1[N+]#[C-]. The Kier molecular flexibility index (Phi) is 6.56. The summed E-state index contributed by atoms with van der Waals surface area (Å²) < 4.78 is 4.45. The van der Waals surface area contributed by atoms with Gasteiger partial charge in [-0.25, -0.2) is 9.69 Å². The van der Waals surface area contributed by atoms with Gasteiger partial charge in [-0.2, -0.15) is 5.26 Å². The van der Waals surface area contributed by atoms with Gasteiger partial charge in [0.05, 0.1) is 52.5 Å². The zero-order valence-electron chi connectivity index (χ0n) is 26.7. The summed E-state index contributed by atoms with van der Waals surface area (Å²) >= 11 is 0. The Labute approximate surface area is 288 Å². The van der Waals surface area contributed by atoms with Crippen LogP contribution in [0.25, 0.3) is 86.9 Å².